The molecule has 0 saturated heterocycles. The van der Waals surface area contributed by atoms with Crippen LogP contribution in [0.5, 0.6) is 0 Å². The molecule has 2 aromatic carbocycles. The van der Waals surface area contributed by atoms with Crippen molar-refractivity contribution in [2.24, 2.45) is 11.8 Å². The van der Waals surface area contributed by atoms with Gasteiger partial charge in [0.25, 0.3) is 5.56 Å². The Bertz CT molecular complexity index is 1440. The minimum atomic E-state index is -0.279. The molecular weight excluding hydrogens is 412 g/mol. The monoisotopic (exact) mass is 434 g/mol. The second kappa shape index (κ2) is 7.09. The number of halogens is 1. The number of hydrogen-bond acceptors (Lipinski definition) is 3. The Hall–Kier alpha value is -2.86. The van der Waals surface area contributed by atoms with Gasteiger partial charge in [-0.05, 0) is 71.5 Å². The van der Waals surface area contributed by atoms with Gasteiger partial charge in [-0.2, -0.15) is 4.98 Å². The summed E-state index contributed by atoms with van der Waals surface area (Å²) in [7, 11) is 0. The highest BCUT2D eigenvalue weighted by atomic mass is 35.5. The van der Waals surface area contributed by atoms with E-state index in [1.54, 1.807) is 9.13 Å². The molecule has 0 radical (unpaired) electrons. The molecule has 2 aliphatic rings. The molecule has 7 heteroatoms. The molecule has 0 bridgehead atoms. The molecule has 0 N–H and O–H groups in total. The largest absolute Gasteiger partial charge is 0.332 e. The lowest BCUT2D eigenvalue weighted by Crippen LogP contribution is -2.41. The number of aromatic nitrogens is 4. The summed E-state index contributed by atoms with van der Waals surface area (Å²) in [5.74, 6) is 0.904. The number of benzene rings is 2. The first kappa shape index (κ1) is 18.9. The number of fused-ring (bicyclic) bond motifs is 2. The average molecular weight is 435 g/mol. The Kier molecular flexibility index (Phi) is 4.32. The van der Waals surface area contributed by atoms with E-state index < -0.39 is 0 Å². The zero-order valence-corrected chi connectivity index (χ0v) is 17.9. The van der Waals surface area contributed by atoms with Crippen molar-refractivity contribution in [2.45, 2.75) is 45.3 Å². The highest BCUT2D eigenvalue weighted by Gasteiger charge is 2.29. The van der Waals surface area contributed by atoms with Crippen molar-refractivity contribution >= 4 is 33.5 Å². The highest BCUT2D eigenvalue weighted by molar-refractivity contribution is 6.29. The van der Waals surface area contributed by atoms with Crippen molar-refractivity contribution in [2.75, 3.05) is 0 Å². The lowest BCUT2D eigenvalue weighted by molar-refractivity contribution is 0.519. The second-order valence-electron chi connectivity index (χ2n) is 9.02. The van der Waals surface area contributed by atoms with Crippen molar-refractivity contribution in [1.29, 1.82) is 0 Å². The molecule has 2 aliphatic carbocycles. The van der Waals surface area contributed by atoms with E-state index in [-0.39, 0.29) is 16.5 Å². The zero-order valence-electron chi connectivity index (χ0n) is 17.1. The Morgan fingerprint density at radius 1 is 0.871 bits per heavy atom. The highest BCUT2D eigenvalue weighted by Crippen LogP contribution is 2.32. The first-order valence-corrected chi connectivity index (χ1v) is 11.3. The maximum Gasteiger partial charge on any atom is 0.332 e. The molecule has 0 atom stereocenters. The van der Waals surface area contributed by atoms with E-state index in [2.05, 4.69) is 29.2 Å². The van der Waals surface area contributed by atoms with Gasteiger partial charge >= 0.3 is 5.69 Å². The standard InChI is InChI=1S/C24H23ClN4O2/c25-23-26-21-20(27(23)14-17-9-10-18-3-1-2-4-19(18)11-17)22(30)29(13-16-7-8-16)24(31)28(21)12-15-5-6-15/h1-4,9-11,15-16H,5-8,12-14H2. The average Bonchev–Trinajstić information content (AvgIpc) is 3.69. The lowest BCUT2D eigenvalue weighted by Gasteiger charge is -2.12. The van der Waals surface area contributed by atoms with Crippen LogP contribution in [0.2, 0.25) is 5.28 Å². The van der Waals surface area contributed by atoms with E-state index in [4.69, 9.17) is 11.6 Å². The molecule has 6 nitrogen and oxygen atoms in total. The van der Waals surface area contributed by atoms with Crippen molar-refractivity contribution in [3.8, 4) is 0 Å². The molecule has 2 heterocycles. The zero-order chi connectivity index (χ0) is 21.1. The van der Waals surface area contributed by atoms with E-state index >= 15 is 0 Å². The third-order valence-electron chi connectivity index (χ3n) is 6.50. The molecular formula is C24H23ClN4O2. The van der Waals surface area contributed by atoms with Gasteiger partial charge in [0.1, 0.15) is 0 Å². The van der Waals surface area contributed by atoms with Gasteiger partial charge in [-0.25, -0.2) is 4.79 Å². The fourth-order valence-electron chi connectivity index (χ4n) is 4.37. The molecule has 0 spiro atoms. The molecule has 2 aromatic heterocycles. The van der Waals surface area contributed by atoms with Crippen molar-refractivity contribution in [3.63, 3.8) is 0 Å². The minimum absolute atomic E-state index is 0.244. The smallest absolute Gasteiger partial charge is 0.304 e. The SMILES string of the molecule is O=c1c2c(nc(Cl)n2Cc2ccc3ccccc3c2)n(CC2CC2)c(=O)n1CC1CC1. The van der Waals surface area contributed by atoms with Gasteiger partial charge in [0.05, 0.1) is 6.54 Å². The van der Waals surface area contributed by atoms with Crippen LogP contribution >= 0.6 is 11.6 Å². The molecule has 158 valence electrons. The Morgan fingerprint density at radius 3 is 2.26 bits per heavy atom. The first-order valence-electron chi connectivity index (χ1n) is 11.0. The summed E-state index contributed by atoms with van der Waals surface area (Å²) < 4.78 is 4.85. The normalized spacial score (nSPS) is 16.4. The van der Waals surface area contributed by atoms with Gasteiger partial charge in [0, 0.05) is 13.1 Å². The van der Waals surface area contributed by atoms with Gasteiger partial charge in [0.2, 0.25) is 5.28 Å². The molecule has 2 saturated carbocycles. The predicted molar refractivity (Wildman–Crippen MR) is 122 cm³/mol. The molecule has 2 fully saturated rings. The number of rotatable bonds is 6. The second-order valence-corrected chi connectivity index (χ2v) is 9.35. The number of nitrogens with zero attached hydrogens (tertiary/aromatic N) is 4. The van der Waals surface area contributed by atoms with Gasteiger partial charge in [-0.3, -0.25) is 13.9 Å². The number of imidazole rings is 1. The Labute approximate surface area is 183 Å². The predicted octanol–water partition coefficient (Wildman–Crippen LogP) is 4.03. The van der Waals surface area contributed by atoms with Crippen LogP contribution in [0.15, 0.2) is 52.1 Å². The summed E-state index contributed by atoms with van der Waals surface area (Å²) in [6.07, 6.45) is 4.37. The van der Waals surface area contributed by atoms with E-state index in [0.29, 0.717) is 42.6 Å². The molecule has 6 rings (SSSR count). The van der Waals surface area contributed by atoms with Crippen LogP contribution in [0.3, 0.4) is 0 Å². The third kappa shape index (κ3) is 3.39. The lowest BCUT2D eigenvalue weighted by atomic mass is 10.1. The maximum absolute atomic E-state index is 13.4. The summed E-state index contributed by atoms with van der Waals surface area (Å²) >= 11 is 6.54. The van der Waals surface area contributed by atoms with E-state index in [0.717, 1.165) is 42.0 Å². The quantitative estimate of drug-likeness (QED) is 0.430. The summed E-state index contributed by atoms with van der Waals surface area (Å²) in [5, 5.41) is 2.55. The minimum Gasteiger partial charge on any atom is -0.304 e. The molecule has 31 heavy (non-hydrogen) atoms. The molecule has 4 aromatic rings. The van der Waals surface area contributed by atoms with Crippen LogP contribution < -0.4 is 11.2 Å². The van der Waals surface area contributed by atoms with Gasteiger partial charge in [-0.1, -0.05) is 36.4 Å². The van der Waals surface area contributed by atoms with Gasteiger partial charge in [0.15, 0.2) is 11.2 Å². The van der Waals surface area contributed by atoms with E-state index in [1.807, 2.05) is 18.2 Å². The van der Waals surface area contributed by atoms with Crippen molar-refractivity contribution < 1.29 is 0 Å². The molecule has 0 amide bonds. The maximum atomic E-state index is 13.4. The Morgan fingerprint density at radius 2 is 1.55 bits per heavy atom. The van der Waals surface area contributed by atoms with Crippen LogP contribution in [-0.4, -0.2) is 18.7 Å². The third-order valence-corrected chi connectivity index (χ3v) is 6.79. The van der Waals surface area contributed by atoms with Crippen LogP contribution in [0.1, 0.15) is 31.2 Å². The summed E-state index contributed by atoms with van der Waals surface area (Å²) in [6, 6.07) is 14.4. The summed E-state index contributed by atoms with van der Waals surface area (Å²) in [5.41, 5.74) is 1.36. The van der Waals surface area contributed by atoms with Crippen LogP contribution in [0.4, 0.5) is 0 Å². The van der Waals surface area contributed by atoms with Gasteiger partial charge < -0.3 is 4.57 Å². The molecule has 0 unspecified atom stereocenters. The topological polar surface area (TPSA) is 61.8 Å². The van der Waals surface area contributed by atoms with Crippen molar-refractivity contribution in [1.82, 2.24) is 18.7 Å². The number of hydrogen-bond donors (Lipinski definition) is 0. The fourth-order valence-corrected chi connectivity index (χ4v) is 4.60. The van der Waals surface area contributed by atoms with Crippen LogP contribution in [0, 0.1) is 11.8 Å². The van der Waals surface area contributed by atoms with E-state index in [1.165, 1.54) is 4.57 Å². The Balaban J connectivity index is 1.52. The van der Waals surface area contributed by atoms with Gasteiger partial charge in [-0.15, -0.1) is 0 Å². The van der Waals surface area contributed by atoms with Crippen LogP contribution in [0.25, 0.3) is 21.9 Å². The summed E-state index contributed by atoms with van der Waals surface area (Å²) in [6.45, 7) is 1.51. The van der Waals surface area contributed by atoms with Crippen LogP contribution in [-0.2, 0) is 19.6 Å². The first-order chi connectivity index (χ1) is 15.1. The fraction of sp³-hybridized carbons (Fsp3) is 0.375. The van der Waals surface area contributed by atoms with Crippen molar-refractivity contribution in [3.05, 3.63) is 74.1 Å². The summed E-state index contributed by atoms with van der Waals surface area (Å²) in [4.78, 5) is 31.1. The van der Waals surface area contributed by atoms with E-state index in [9.17, 15) is 9.59 Å². The molecule has 0 aliphatic heterocycles.